The van der Waals surface area contributed by atoms with Crippen LogP contribution in [0.2, 0.25) is 0 Å². The molecule has 8 fully saturated rings. The van der Waals surface area contributed by atoms with Crippen molar-refractivity contribution in [2.24, 2.45) is 69.3 Å². The number of carbonyl (C=O) groups is 3. The van der Waals surface area contributed by atoms with Crippen molar-refractivity contribution in [3.63, 3.8) is 0 Å². The molecule has 8 aliphatic rings. The molecular weight excluding hydrogens is 594 g/mol. The maximum absolute atomic E-state index is 13.2. The van der Waals surface area contributed by atoms with E-state index >= 15 is 0 Å². The number of rotatable bonds is 4. The number of ether oxygens (including phenoxy) is 5. The second-order valence-electron chi connectivity index (χ2n) is 17.5. The molecule has 0 radical (unpaired) electrons. The molecule has 256 valence electrons. The summed E-state index contributed by atoms with van der Waals surface area (Å²) in [4.78, 5) is 39.3. The largest absolute Gasteiger partial charge is 0.462 e. The van der Waals surface area contributed by atoms with E-state index < -0.39 is 64.1 Å². The molecular formula is C35H51NO10. The molecule has 5 aliphatic carbocycles. The van der Waals surface area contributed by atoms with Gasteiger partial charge in [0.1, 0.15) is 24.4 Å². The van der Waals surface area contributed by atoms with Crippen LogP contribution in [0.4, 0.5) is 0 Å². The number of esters is 3. The van der Waals surface area contributed by atoms with E-state index in [0.29, 0.717) is 25.7 Å². The van der Waals surface area contributed by atoms with Crippen molar-refractivity contribution in [2.75, 3.05) is 0 Å². The van der Waals surface area contributed by atoms with Crippen LogP contribution in [0.3, 0.4) is 0 Å². The van der Waals surface area contributed by atoms with Crippen LogP contribution < -0.4 is 5.73 Å². The molecule has 0 aromatic heterocycles. The zero-order valence-electron chi connectivity index (χ0n) is 28.2. The van der Waals surface area contributed by atoms with Gasteiger partial charge in [-0.25, -0.2) is 4.79 Å². The van der Waals surface area contributed by atoms with E-state index in [9.17, 15) is 24.6 Å². The third-order valence-corrected chi connectivity index (χ3v) is 15.3. The fourth-order valence-corrected chi connectivity index (χ4v) is 13.1. The third kappa shape index (κ3) is 3.45. The van der Waals surface area contributed by atoms with Gasteiger partial charge in [0.05, 0.1) is 17.6 Å². The fourth-order valence-electron chi connectivity index (χ4n) is 13.1. The average molecular weight is 646 g/mol. The number of aliphatic hydroxyl groups is 2. The second kappa shape index (κ2) is 9.25. The Labute approximate surface area is 270 Å². The van der Waals surface area contributed by atoms with Crippen molar-refractivity contribution >= 4 is 17.9 Å². The predicted molar refractivity (Wildman–Crippen MR) is 160 cm³/mol. The first-order chi connectivity index (χ1) is 21.4. The van der Waals surface area contributed by atoms with Crippen molar-refractivity contribution in [3.8, 4) is 0 Å². The Morgan fingerprint density at radius 1 is 1.02 bits per heavy atom. The first-order valence-corrected chi connectivity index (χ1v) is 17.5. The summed E-state index contributed by atoms with van der Waals surface area (Å²) in [7, 11) is 0. The summed E-state index contributed by atoms with van der Waals surface area (Å²) in [5.74, 6) is -3.63. The number of carbonyl (C=O) groups excluding carboxylic acids is 3. The van der Waals surface area contributed by atoms with Crippen molar-refractivity contribution in [3.05, 3.63) is 0 Å². The van der Waals surface area contributed by atoms with Crippen molar-refractivity contribution in [1.82, 2.24) is 0 Å². The lowest BCUT2D eigenvalue weighted by Gasteiger charge is -2.65. The topological polar surface area (TPSA) is 170 Å². The Bertz CT molecular complexity index is 1380. The van der Waals surface area contributed by atoms with E-state index in [4.69, 9.17) is 29.4 Å². The van der Waals surface area contributed by atoms with Gasteiger partial charge in [-0.3, -0.25) is 9.59 Å². The van der Waals surface area contributed by atoms with Gasteiger partial charge in [0.15, 0.2) is 5.60 Å². The molecule has 2 unspecified atom stereocenters. The summed E-state index contributed by atoms with van der Waals surface area (Å²) >= 11 is 0. The first-order valence-electron chi connectivity index (χ1n) is 17.5. The Morgan fingerprint density at radius 3 is 2.35 bits per heavy atom. The number of hydrogen-bond acceptors (Lipinski definition) is 11. The zero-order valence-corrected chi connectivity index (χ0v) is 28.2. The third-order valence-electron chi connectivity index (χ3n) is 15.3. The molecule has 5 saturated carbocycles. The van der Waals surface area contributed by atoms with Crippen LogP contribution in [0.15, 0.2) is 0 Å². The van der Waals surface area contributed by atoms with E-state index in [2.05, 4.69) is 20.8 Å². The minimum absolute atomic E-state index is 0.0666. The molecule has 3 saturated heterocycles. The number of fused-ring (bicyclic) bond motifs is 9. The molecule has 19 atom stereocenters. The lowest BCUT2D eigenvalue weighted by atomic mass is 9.41. The molecule has 0 aromatic carbocycles. The Balaban J connectivity index is 1.25. The lowest BCUT2D eigenvalue weighted by Crippen LogP contribution is -2.72. The van der Waals surface area contributed by atoms with Gasteiger partial charge in [0, 0.05) is 30.2 Å². The molecule has 0 aromatic rings. The average Bonchev–Trinajstić information content (AvgIpc) is 3.85. The highest BCUT2D eigenvalue weighted by Gasteiger charge is 2.91. The summed E-state index contributed by atoms with van der Waals surface area (Å²) < 4.78 is 31.0. The SMILES string of the molecule is CC(=O)O[C@H]1CC2C([C@@H](O)[C@H](N)[C@H]3C[C@@H]4O[C@@H]4[C@H](OC(=O)CC(C)C)[C@]23C)[C@@H]2C[C@@H]3[C@H]([C@H](C)[C@H]4O[C@]45OC(=O)[C@@](C)(O)[C@]35C)[C@@]12C. The van der Waals surface area contributed by atoms with Crippen LogP contribution in [0.1, 0.15) is 81.1 Å². The molecule has 1 spiro atoms. The molecule has 11 nitrogen and oxygen atoms in total. The van der Waals surface area contributed by atoms with Crippen LogP contribution in [0.25, 0.3) is 0 Å². The highest BCUT2D eigenvalue weighted by molar-refractivity contribution is 5.84. The second-order valence-corrected chi connectivity index (χ2v) is 17.5. The van der Waals surface area contributed by atoms with Gasteiger partial charge in [0.2, 0.25) is 5.79 Å². The minimum atomic E-state index is -1.79. The molecule has 11 heteroatoms. The lowest BCUT2D eigenvalue weighted by molar-refractivity contribution is -0.240. The molecule has 3 aliphatic heterocycles. The summed E-state index contributed by atoms with van der Waals surface area (Å²) in [5.41, 5.74) is 2.93. The summed E-state index contributed by atoms with van der Waals surface area (Å²) in [5, 5.41) is 24.1. The standard InChI is InChI=1S/C35H51NO10/c1-13(2)9-22(38)44-29-27-20(43-27)11-19-25(36)26(39)23-16-10-18-24(32(16,6)21(42-15(4)37)12-17(23)31(19,29)5)14(3)28-35(45-28)33(18,7)34(8,41)30(40)46-35/h13-14,16-21,23-29,39,41H,9-12,36H2,1-8H3/t14-,16-,17?,18+,19+,20-,21-,23?,24-,25+,26+,27-,28+,29-,31+,32+,33-,34+,35-/m0/s1. The zero-order chi connectivity index (χ0) is 33.3. The van der Waals surface area contributed by atoms with Gasteiger partial charge in [-0.1, -0.05) is 34.6 Å². The summed E-state index contributed by atoms with van der Waals surface area (Å²) in [6.45, 7) is 15.3. The highest BCUT2D eigenvalue weighted by Crippen LogP contribution is 2.80. The normalized spacial score (nSPS) is 60.3. The quantitative estimate of drug-likeness (QED) is 0.233. The van der Waals surface area contributed by atoms with Crippen LogP contribution in [-0.4, -0.2) is 82.2 Å². The summed E-state index contributed by atoms with van der Waals surface area (Å²) in [6, 6.07) is -0.574. The van der Waals surface area contributed by atoms with Gasteiger partial charge < -0.3 is 39.6 Å². The number of epoxide rings is 2. The number of aliphatic hydroxyl groups excluding tert-OH is 1. The molecule has 0 bridgehead atoms. The van der Waals surface area contributed by atoms with E-state index in [1.165, 1.54) is 13.8 Å². The van der Waals surface area contributed by atoms with Gasteiger partial charge in [-0.05, 0) is 80.5 Å². The van der Waals surface area contributed by atoms with Crippen LogP contribution in [-0.2, 0) is 38.1 Å². The van der Waals surface area contributed by atoms with Crippen LogP contribution >= 0.6 is 0 Å². The number of hydrogen-bond donors (Lipinski definition) is 3. The van der Waals surface area contributed by atoms with Crippen molar-refractivity contribution in [1.29, 1.82) is 0 Å². The molecule has 8 rings (SSSR count). The van der Waals surface area contributed by atoms with Crippen molar-refractivity contribution < 1.29 is 48.3 Å². The number of nitrogens with two attached hydrogens (primary N) is 1. The molecule has 46 heavy (non-hydrogen) atoms. The summed E-state index contributed by atoms with van der Waals surface area (Å²) in [6.07, 6.45) is -0.596. The van der Waals surface area contributed by atoms with Gasteiger partial charge in [0.25, 0.3) is 0 Å². The van der Waals surface area contributed by atoms with Gasteiger partial charge in [-0.2, -0.15) is 0 Å². The molecule has 3 heterocycles. The smallest absolute Gasteiger partial charge is 0.341 e. The fraction of sp³-hybridized carbons (Fsp3) is 0.914. The van der Waals surface area contributed by atoms with Crippen molar-refractivity contribution in [2.45, 2.75) is 135 Å². The first kappa shape index (κ1) is 31.5. The van der Waals surface area contributed by atoms with E-state index in [1.54, 1.807) is 0 Å². The van der Waals surface area contributed by atoms with E-state index in [0.717, 1.165) is 0 Å². The Hall–Kier alpha value is -1.79. The van der Waals surface area contributed by atoms with E-state index in [1.807, 2.05) is 20.8 Å². The van der Waals surface area contributed by atoms with Gasteiger partial charge >= 0.3 is 17.9 Å². The van der Waals surface area contributed by atoms with E-state index in [-0.39, 0.29) is 71.5 Å². The maximum atomic E-state index is 13.2. The maximum Gasteiger partial charge on any atom is 0.341 e. The highest BCUT2D eigenvalue weighted by atomic mass is 16.8. The minimum Gasteiger partial charge on any atom is -0.462 e. The molecule has 0 amide bonds. The monoisotopic (exact) mass is 645 g/mol. The Morgan fingerprint density at radius 2 is 1.70 bits per heavy atom. The molecule has 4 N–H and O–H groups in total. The Kier molecular flexibility index (Phi) is 6.33. The van der Waals surface area contributed by atoms with Crippen LogP contribution in [0, 0.1) is 63.6 Å². The predicted octanol–water partition coefficient (Wildman–Crippen LogP) is 2.33. The van der Waals surface area contributed by atoms with Crippen LogP contribution in [0.5, 0.6) is 0 Å². The van der Waals surface area contributed by atoms with Gasteiger partial charge in [-0.15, -0.1) is 0 Å².